The van der Waals surface area contributed by atoms with E-state index in [-0.39, 0.29) is 5.91 Å². The lowest BCUT2D eigenvalue weighted by Gasteiger charge is -2.21. The van der Waals surface area contributed by atoms with E-state index >= 15 is 0 Å². The first-order chi connectivity index (χ1) is 13.7. The molecule has 2 aromatic heterocycles. The number of ether oxygens (including phenoxy) is 1. The van der Waals surface area contributed by atoms with Crippen LogP contribution in [0.25, 0.3) is 10.2 Å². The van der Waals surface area contributed by atoms with Gasteiger partial charge in [-0.3, -0.25) is 14.7 Å². The molecule has 28 heavy (non-hydrogen) atoms. The molecule has 0 N–H and O–H groups in total. The fourth-order valence-electron chi connectivity index (χ4n) is 2.87. The molecular formula is C21H16ClN3O2S. The van der Waals surface area contributed by atoms with Crippen LogP contribution in [0, 0.1) is 0 Å². The largest absolute Gasteiger partial charge is 0.496 e. The van der Waals surface area contributed by atoms with Crippen molar-refractivity contribution in [1.82, 2.24) is 9.97 Å². The maximum atomic E-state index is 13.5. The zero-order valence-electron chi connectivity index (χ0n) is 15.0. The number of halogens is 1. The molecule has 4 aromatic rings. The van der Waals surface area contributed by atoms with Crippen LogP contribution in [0.3, 0.4) is 0 Å². The highest BCUT2D eigenvalue weighted by Crippen LogP contribution is 2.32. The van der Waals surface area contributed by atoms with Crippen molar-refractivity contribution in [1.29, 1.82) is 0 Å². The lowest BCUT2D eigenvalue weighted by atomic mass is 10.1. The molecule has 0 saturated heterocycles. The van der Waals surface area contributed by atoms with E-state index in [2.05, 4.69) is 9.97 Å². The van der Waals surface area contributed by atoms with E-state index in [1.54, 1.807) is 35.5 Å². The van der Waals surface area contributed by atoms with Crippen molar-refractivity contribution >= 4 is 44.2 Å². The molecule has 0 atom stereocenters. The van der Waals surface area contributed by atoms with Gasteiger partial charge < -0.3 is 4.74 Å². The second kappa shape index (κ2) is 7.96. The third-order valence-electron chi connectivity index (χ3n) is 4.21. The standard InChI is InChI=1S/C21H16ClN3O2S/c1-27-18-9-8-15(22)11-16(18)20(26)25(13-14-5-4-10-23-12-14)21-24-17-6-2-3-7-19(17)28-21/h2-12H,13H2,1H3. The van der Waals surface area contributed by atoms with Gasteiger partial charge >= 0.3 is 0 Å². The first kappa shape index (κ1) is 18.4. The molecule has 1 amide bonds. The Morgan fingerprint density at radius 1 is 1.18 bits per heavy atom. The van der Waals surface area contributed by atoms with Gasteiger partial charge in [0.1, 0.15) is 5.75 Å². The molecular weight excluding hydrogens is 394 g/mol. The molecule has 7 heteroatoms. The Bertz CT molecular complexity index is 1100. The molecule has 0 spiro atoms. The number of amides is 1. The number of thiazole rings is 1. The van der Waals surface area contributed by atoms with Gasteiger partial charge in [-0.1, -0.05) is 41.1 Å². The van der Waals surface area contributed by atoms with Crippen molar-refractivity contribution in [2.75, 3.05) is 12.0 Å². The lowest BCUT2D eigenvalue weighted by molar-refractivity contribution is 0.0982. The van der Waals surface area contributed by atoms with E-state index in [9.17, 15) is 4.79 Å². The van der Waals surface area contributed by atoms with Gasteiger partial charge in [0.25, 0.3) is 5.91 Å². The fraction of sp³-hybridized carbons (Fsp3) is 0.0952. The summed E-state index contributed by atoms with van der Waals surface area (Å²) >= 11 is 7.61. The van der Waals surface area contributed by atoms with Crippen LogP contribution in [0.15, 0.2) is 67.0 Å². The predicted octanol–water partition coefficient (Wildman–Crippen LogP) is 5.20. The van der Waals surface area contributed by atoms with Crippen LogP contribution in [0.4, 0.5) is 5.13 Å². The summed E-state index contributed by atoms with van der Waals surface area (Å²) in [5, 5.41) is 1.08. The number of nitrogens with zero attached hydrogens (tertiary/aromatic N) is 3. The van der Waals surface area contributed by atoms with Gasteiger partial charge in [0.2, 0.25) is 0 Å². The second-order valence-electron chi connectivity index (χ2n) is 6.06. The van der Waals surface area contributed by atoms with E-state index in [0.29, 0.717) is 28.0 Å². The van der Waals surface area contributed by atoms with Gasteiger partial charge in [0.05, 0.1) is 29.4 Å². The van der Waals surface area contributed by atoms with E-state index in [4.69, 9.17) is 16.3 Å². The highest BCUT2D eigenvalue weighted by Gasteiger charge is 2.24. The molecule has 2 heterocycles. The Kier molecular flexibility index (Phi) is 5.23. The monoisotopic (exact) mass is 409 g/mol. The van der Waals surface area contributed by atoms with E-state index in [0.717, 1.165) is 15.8 Å². The van der Waals surface area contributed by atoms with Gasteiger partial charge in [0.15, 0.2) is 5.13 Å². The Morgan fingerprint density at radius 3 is 2.79 bits per heavy atom. The number of hydrogen-bond donors (Lipinski definition) is 0. The lowest BCUT2D eigenvalue weighted by Crippen LogP contribution is -2.30. The van der Waals surface area contributed by atoms with Gasteiger partial charge in [-0.25, -0.2) is 4.98 Å². The number of methoxy groups -OCH3 is 1. The van der Waals surface area contributed by atoms with Crippen LogP contribution in [0.1, 0.15) is 15.9 Å². The molecule has 0 radical (unpaired) electrons. The van der Waals surface area contributed by atoms with Crippen LogP contribution in [-0.2, 0) is 6.54 Å². The molecule has 0 unspecified atom stereocenters. The van der Waals surface area contributed by atoms with Gasteiger partial charge in [0, 0.05) is 17.4 Å². The molecule has 5 nitrogen and oxygen atoms in total. The van der Waals surface area contributed by atoms with Crippen molar-refractivity contribution in [2.45, 2.75) is 6.54 Å². The third kappa shape index (κ3) is 3.69. The average Bonchev–Trinajstić information content (AvgIpc) is 3.16. The highest BCUT2D eigenvalue weighted by molar-refractivity contribution is 7.22. The van der Waals surface area contributed by atoms with Crippen molar-refractivity contribution in [2.24, 2.45) is 0 Å². The summed E-state index contributed by atoms with van der Waals surface area (Å²) in [6.45, 7) is 0.335. The quantitative estimate of drug-likeness (QED) is 0.454. The normalized spacial score (nSPS) is 10.8. The summed E-state index contributed by atoms with van der Waals surface area (Å²) in [6.07, 6.45) is 3.44. The minimum Gasteiger partial charge on any atom is -0.496 e. The molecule has 0 bridgehead atoms. The van der Waals surface area contributed by atoms with Crippen molar-refractivity contribution in [3.63, 3.8) is 0 Å². The summed E-state index contributed by atoms with van der Waals surface area (Å²) < 4.78 is 6.39. The maximum absolute atomic E-state index is 13.5. The second-order valence-corrected chi connectivity index (χ2v) is 7.51. The predicted molar refractivity (Wildman–Crippen MR) is 112 cm³/mol. The molecule has 0 aliphatic heterocycles. The fourth-order valence-corrected chi connectivity index (χ4v) is 4.00. The number of aromatic nitrogens is 2. The Labute approximate surface area is 171 Å². The summed E-state index contributed by atoms with van der Waals surface area (Å²) in [7, 11) is 1.53. The van der Waals surface area contributed by atoms with Crippen LogP contribution in [0.2, 0.25) is 5.02 Å². The summed E-state index contributed by atoms with van der Waals surface area (Å²) in [4.78, 5) is 23.9. The number of para-hydroxylation sites is 1. The molecule has 0 fully saturated rings. The zero-order chi connectivity index (χ0) is 19.5. The number of anilines is 1. The van der Waals surface area contributed by atoms with E-state index in [1.807, 2.05) is 36.4 Å². The highest BCUT2D eigenvalue weighted by atomic mass is 35.5. The molecule has 0 aliphatic carbocycles. The van der Waals surface area contributed by atoms with Crippen LogP contribution in [-0.4, -0.2) is 23.0 Å². The number of carbonyl (C=O) groups excluding carboxylic acids is 1. The number of hydrogen-bond acceptors (Lipinski definition) is 5. The van der Waals surface area contributed by atoms with Crippen molar-refractivity contribution in [3.05, 3.63) is 83.1 Å². The topological polar surface area (TPSA) is 55.3 Å². The number of rotatable bonds is 5. The summed E-state index contributed by atoms with van der Waals surface area (Å²) in [6, 6.07) is 16.6. The molecule has 0 saturated carbocycles. The first-order valence-corrected chi connectivity index (χ1v) is 9.75. The van der Waals surface area contributed by atoms with Crippen molar-refractivity contribution in [3.8, 4) is 5.75 Å². The minimum absolute atomic E-state index is 0.234. The van der Waals surface area contributed by atoms with Gasteiger partial charge in [-0.15, -0.1) is 0 Å². The SMILES string of the molecule is COc1ccc(Cl)cc1C(=O)N(Cc1cccnc1)c1nc2ccccc2s1. The Morgan fingerprint density at radius 2 is 2.04 bits per heavy atom. The van der Waals surface area contributed by atoms with E-state index < -0.39 is 0 Å². The zero-order valence-corrected chi connectivity index (χ0v) is 16.6. The Balaban J connectivity index is 1.80. The summed E-state index contributed by atoms with van der Waals surface area (Å²) in [5.41, 5.74) is 2.14. The summed E-state index contributed by atoms with van der Waals surface area (Å²) in [5.74, 6) is 0.231. The van der Waals surface area contributed by atoms with Gasteiger partial charge in [-0.05, 0) is 42.0 Å². The van der Waals surface area contributed by atoms with Crippen LogP contribution >= 0.6 is 22.9 Å². The maximum Gasteiger partial charge on any atom is 0.264 e. The number of benzene rings is 2. The van der Waals surface area contributed by atoms with Crippen LogP contribution in [0.5, 0.6) is 5.75 Å². The first-order valence-electron chi connectivity index (χ1n) is 8.55. The Hall–Kier alpha value is -2.96. The molecule has 140 valence electrons. The number of pyridine rings is 1. The van der Waals surface area contributed by atoms with Crippen molar-refractivity contribution < 1.29 is 9.53 Å². The minimum atomic E-state index is -0.234. The molecule has 4 rings (SSSR count). The number of fused-ring (bicyclic) bond motifs is 1. The van der Waals surface area contributed by atoms with Gasteiger partial charge in [-0.2, -0.15) is 0 Å². The molecule has 2 aromatic carbocycles. The molecule has 0 aliphatic rings. The number of carbonyl (C=O) groups is 1. The van der Waals surface area contributed by atoms with Crippen LogP contribution < -0.4 is 9.64 Å². The average molecular weight is 410 g/mol. The smallest absolute Gasteiger partial charge is 0.264 e. The third-order valence-corrected chi connectivity index (χ3v) is 5.51. The van der Waals surface area contributed by atoms with E-state index in [1.165, 1.54) is 18.4 Å².